The molecule has 1 aliphatic rings. The van der Waals surface area contributed by atoms with Crippen LogP contribution in [0, 0.1) is 13.8 Å². The summed E-state index contributed by atoms with van der Waals surface area (Å²) in [5, 5.41) is 15.6. The third-order valence-electron chi connectivity index (χ3n) is 3.76. The molecule has 0 saturated heterocycles. The van der Waals surface area contributed by atoms with E-state index in [0.717, 1.165) is 19.3 Å². The minimum absolute atomic E-state index is 0.0130. The first kappa shape index (κ1) is 14.3. The molecule has 2 amide bonds. The van der Waals surface area contributed by atoms with E-state index in [-0.39, 0.29) is 12.1 Å². The normalized spacial score (nSPS) is 18.5. The summed E-state index contributed by atoms with van der Waals surface area (Å²) in [6, 6.07) is 1.89. The van der Waals surface area contributed by atoms with Crippen LogP contribution in [0.1, 0.15) is 47.5 Å². The highest BCUT2D eigenvalue weighted by molar-refractivity contribution is 7.12. The summed E-state index contributed by atoms with van der Waals surface area (Å²) in [4.78, 5) is 14.3. The lowest BCUT2D eigenvalue weighted by Gasteiger charge is -2.36. The van der Waals surface area contributed by atoms with Gasteiger partial charge in [-0.05, 0) is 51.7 Å². The van der Waals surface area contributed by atoms with E-state index >= 15 is 0 Å². The fraction of sp³-hybridized carbons (Fsp3) is 0.643. The number of nitrogens with one attached hydrogen (secondary N) is 2. The zero-order chi connectivity index (χ0) is 14.0. The highest BCUT2D eigenvalue weighted by Gasteiger charge is 2.34. The molecular formula is C14H22N2O2S. The van der Waals surface area contributed by atoms with Crippen LogP contribution in [0.5, 0.6) is 0 Å². The van der Waals surface area contributed by atoms with Crippen molar-refractivity contribution in [2.75, 3.05) is 6.54 Å². The molecule has 2 rings (SSSR count). The molecule has 0 aliphatic heterocycles. The SMILES string of the molecule is Cc1cc(C(C)NC(=O)NCC2(O)CCC2)c(C)s1. The van der Waals surface area contributed by atoms with E-state index in [0.29, 0.717) is 6.54 Å². The van der Waals surface area contributed by atoms with Crippen LogP contribution in [0.15, 0.2) is 6.07 Å². The van der Waals surface area contributed by atoms with Crippen LogP contribution >= 0.6 is 11.3 Å². The molecule has 19 heavy (non-hydrogen) atoms. The second kappa shape index (κ2) is 5.51. The summed E-state index contributed by atoms with van der Waals surface area (Å²) in [6.45, 7) is 6.46. The summed E-state index contributed by atoms with van der Waals surface area (Å²) < 4.78 is 0. The van der Waals surface area contributed by atoms with Crippen LogP contribution in [-0.2, 0) is 0 Å². The molecular weight excluding hydrogens is 260 g/mol. The Morgan fingerprint density at radius 3 is 2.68 bits per heavy atom. The van der Waals surface area contributed by atoms with Gasteiger partial charge in [-0.25, -0.2) is 4.79 Å². The summed E-state index contributed by atoms with van der Waals surface area (Å²) >= 11 is 1.74. The molecule has 3 N–H and O–H groups in total. The Hall–Kier alpha value is -1.07. The van der Waals surface area contributed by atoms with Gasteiger partial charge in [-0.15, -0.1) is 11.3 Å². The summed E-state index contributed by atoms with van der Waals surface area (Å²) in [5.74, 6) is 0. The number of urea groups is 1. The summed E-state index contributed by atoms with van der Waals surface area (Å²) in [7, 11) is 0. The van der Waals surface area contributed by atoms with Gasteiger partial charge in [0.1, 0.15) is 0 Å². The third-order valence-corrected chi connectivity index (χ3v) is 4.74. The molecule has 1 aromatic heterocycles. The number of hydrogen-bond donors (Lipinski definition) is 3. The Balaban J connectivity index is 1.83. The second-order valence-electron chi connectivity index (χ2n) is 5.50. The van der Waals surface area contributed by atoms with Gasteiger partial charge in [-0.1, -0.05) is 0 Å². The lowest BCUT2D eigenvalue weighted by Crippen LogP contribution is -2.50. The van der Waals surface area contributed by atoms with Crippen molar-refractivity contribution in [1.29, 1.82) is 0 Å². The molecule has 1 aromatic rings. The number of aryl methyl sites for hydroxylation is 2. The second-order valence-corrected chi connectivity index (χ2v) is 6.96. The number of thiophene rings is 1. The molecule has 106 valence electrons. The Labute approximate surface area is 118 Å². The van der Waals surface area contributed by atoms with Gasteiger partial charge in [0.15, 0.2) is 0 Å². The average molecular weight is 282 g/mol. The highest BCUT2D eigenvalue weighted by Crippen LogP contribution is 2.30. The Morgan fingerprint density at radius 1 is 1.53 bits per heavy atom. The van der Waals surface area contributed by atoms with Crippen LogP contribution in [0.2, 0.25) is 0 Å². The molecule has 1 atom stereocenters. The first-order chi connectivity index (χ1) is 8.89. The molecule has 1 saturated carbocycles. The Bertz CT molecular complexity index is 466. The topological polar surface area (TPSA) is 61.4 Å². The van der Waals surface area contributed by atoms with Gasteiger partial charge in [0.2, 0.25) is 0 Å². The van der Waals surface area contributed by atoms with Gasteiger partial charge < -0.3 is 15.7 Å². The van der Waals surface area contributed by atoms with E-state index in [4.69, 9.17) is 0 Å². The van der Waals surface area contributed by atoms with Crippen molar-refractivity contribution in [3.05, 3.63) is 21.4 Å². The molecule has 4 nitrogen and oxygen atoms in total. The van der Waals surface area contributed by atoms with Crippen molar-refractivity contribution in [3.63, 3.8) is 0 Å². The van der Waals surface area contributed by atoms with Crippen LogP contribution in [-0.4, -0.2) is 23.3 Å². The average Bonchev–Trinajstić information content (AvgIpc) is 2.63. The quantitative estimate of drug-likeness (QED) is 0.795. The van der Waals surface area contributed by atoms with Crippen molar-refractivity contribution in [3.8, 4) is 0 Å². The predicted molar refractivity (Wildman–Crippen MR) is 77.5 cm³/mol. The predicted octanol–water partition coefficient (Wildman–Crippen LogP) is 2.64. The van der Waals surface area contributed by atoms with Gasteiger partial charge in [0, 0.05) is 16.3 Å². The minimum Gasteiger partial charge on any atom is -0.388 e. The minimum atomic E-state index is -0.671. The van der Waals surface area contributed by atoms with Crippen molar-refractivity contribution in [2.45, 2.75) is 51.7 Å². The fourth-order valence-electron chi connectivity index (χ4n) is 2.41. The number of rotatable bonds is 4. The fourth-order valence-corrected chi connectivity index (χ4v) is 3.43. The van der Waals surface area contributed by atoms with Gasteiger partial charge in [-0.2, -0.15) is 0 Å². The first-order valence-electron chi connectivity index (χ1n) is 6.73. The van der Waals surface area contributed by atoms with E-state index in [9.17, 15) is 9.90 Å². The number of hydrogen-bond acceptors (Lipinski definition) is 3. The van der Waals surface area contributed by atoms with Crippen LogP contribution < -0.4 is 10.6 Å². The molecule has 1 unspecified atom stereocenters. The number of carbonyl (C=O) groups is 1. The molecule has 0 aromatic carbocycles. The summed E-state index contributed by atoms with van der Waals surface area (Å²) in [5.41, 5.74) is 0.496. The Kier molecular flexibility index (Phi) is 4.16. The van der Waals surface area contributed by atoms with E-state index in [1.807, 2.05) is 6.92 Å². The van der Waals surface area contributed by atoms with Crippen molar-refractivity contribution >= 4 is 17.4 Å². The van der Waals surface area contributed by atoms with Gasteiger partial charge >= 0.3 is 6.03 Å². The van der Waals surface area contributed by atoms with E-state index in [1.54, 1.807) is 11.3 Å². The van der Waals surface area contributed by atoms with E-state index < -0.39 is 5.60 Å². The maximum atomic E-state index is 11.8. The smallest absolute Gasteiger partial charge is 0.315 e. The lowest BCUT2D eigenvalue weighted by atomic mass is 9.80. The molecule has 0 bridgehead atoms. The first-order valence-corrected chi connectivity index (χ1v) is 7.55. The summed E-state index contributed by atoms with van der Waals surface area (Å²) in [6.07, 6.45) is 2.61. The van der Waals surface area contributed by atoms with E-state index in [2.05, 4.69) is 30.5 Å². The molecule has 0 radical (unpaired) electrons. The van der Waals surface area contributed by atoms with Crippen LogP contribution in [0.3, 0.4) is 0 Å². The zero-order valence-electron chi connectivity index (χ0n) is 11.7. The lowest BCUT2D eigenvalue weighted by molar-refractivity contribution is -0.0290. The zero-order valence-corrected chi connectivity index (χ0v) is 12.6. The van der Waals surface area contributed by atoms with Crippen LogP contribution in [0.25, 0.3) is 0 Å². The van der Waals surface area contributed by atoms with Crippen molar-refractivity contribution in [1.82, 2.24) is 10.6 Å². The molecule has 1 aliphatic carbocycles. The highest BCUT2D eigenvalue weighted by atomic mass is 32.1. The van der Waals surface area contributed by atoms with Crippen molar-refractivity contribution < 1.29 is 9.90 Å². The van der Waals surface area contributed by atoms with Gasteiger partial charge in [-0.3, -0.25) is 0 Å². The molecule has 1 fully saturated rings. The third kappa shape index (κ3) is 3.48. The number of amides is 2. The van der Waals surface area contributed by atoms with Gasteiger partial charge in [0.25, 0.3) is 0 Å². The maximum Gasteiger partial charge on any atom is 0.315 e. The molecule has 5 heteroatoms. The van der Waals surface area contributed by atoms with Crippen molar-refractivity contribution in [2.24, 2.45) is 0 Å². The molecule has 1 heterocycles. The largest absolute Gasteiger partial charge is 0.388 e. The number of aliphatic hydroxyl groups is 1. The monoisotopic (exact) mass is 282 g/mol. The maximum absolute atomic E-state index is 11.8. The van der Waals surface area contributed by atoms with E-state index in [1.165, 1.54) is 15.3 Å². The van der Waals surface area contributed by atoms with Gasteiger partial charge in [0.05, 0.1) is 11.6 Å². The Morgan fingerprint density at radius 2 is 2.21 bits per heavy atom. The van der Waals surface area contributed by atoms with Crippen LogP contribution in [0.4, 0.5) is 4.79 Å². The molecule has 0 spiro atoms. The standard InChI is InChI=1S/C14H22N2O2S/c1-9-7-12(11(3)19-9)10(2)16-13(17)15-8-14(18)5-4-6-14/h7,10,18H,4-6,8H2,1-3H3,(H2,15,16,17). The number of carbonyl (C=O) groups excluding carboxylic acids is 1.